The molecule has 162 valence electrons. The van der Waals surface area contributed by atoms with E-state index in [0.717, 1.165) is 42.8 Å². The number of aromatic nitrogens is 4. The second-order valence-electron chi connectivity index (χ2n) is 8.49. The van der Waals surface area contributed by atoms with Gasteiger partial charge in [0.25, 0.3) is 5.91 Å². The first-order valence-corrected chi connectivity index (χ1v) is 10.8. The molecule has 1 aromatic carbocycles. The molecule has 1 amide bonds. The molecule has 0 saturated carbocycles. The number of benzene rings is 1. The Labute approximate surface area is 182 Å². The van der Waals surface area contributed by atoms with Gasteiger partial charge in [0.05, 0.1) is 29.3 Å². The highest BCUT2D eigenvalue weighted by atomic mass is 19.1. The van der Waals surface area contributed by atoms with E-state index in [-0.39, 0.29) is 17.8 Å². The summed E-state index contributed by atoms with van der Waals surface area (Å²) in [6, 6.07) is 9.07. The molecule has 0 unspecified atom stereocenters. The molecular formula is C24H28FN5O. The van der Waals surface area contributed by atoms with Crippen molar-refractivity contribution in [2.75, 3.05) is 6.54 Å². The highest BCUT2D eigenvalue weighted by Gasteiger charge is 2.33. The zero-order chi connectivity index (χ0) is 22.0. The number of carbonyl (C=O) groups is 1. The number of hydrogen-bond acceptors (Lipinski definition) is 4. The predicted molar refractivity (Wildman–Crippen MR) is 117 cm³/mol. The molecule has 0 aliphatic carbocycles. The lowest BCUT2D eigenvalue weighted by atomic mass is 9.86. The molecule has 6 nitrogen and oxygen atoms in total. The standard InChI is InChI=1S/C24H28FN5O/c1-16-6-10-23(30-27-14-18(3)28-30)21(13-16)24(31)29-12-4-5-17(2)22(29)11-9-20-8-7-19(25)15-26-20/h6-8,10,13-15,17,22H,4-5,9,11-12H2,1-3H3/t17-,22-/m1/s1. The Morgan fingerprint density at radius 1 is 1.19 bits per heavy atom. The van der Waals surface area contributed by atoms with Crippen molar-refractivity contribution in [3.63, 3.8) is 0 Å². The van der Waals surface area contributed by atoms with Gasteiger partial charge in [-0.15, -0.1) is 0 Å². The van der Waals surface area contributed by atoms with E-state index < -0.39 is 0 Å². The van der Waals surface area contributed by atoms with Crippen molar-refractivity contribution in [1.82, 2.24) is 24.9 Å². The molecule has 3 aromatic rings. The molecule has 0 N–H and O–H groups in total. The van der Waals surface area contributed by atoms with Crippen LogP contribution in [0.5, 0.6) is 0 Å². The zero-order valence-electron chi connectivity index (χ0n) is 18.3. The molecule has 3 heterocycles. The van der Waals surface area contributed by atoms with Crippen LogP contribution in [0.2, 0.25) is 0 Å². The van der Waals surface area contributed by atoms with Gasteiger partial charge in [-0.05, 0) is 69.7 Å². The van der Waals surface area contributed by atoms with Crippen molar-refractivity contribution >= 4 is 5.91 Å². The Kier molecular flexibility index (Phi) is 6.11. The summed E-state index contributed by atoms with van der Waals surface area (Å²) in [5.74, 6) is 0.0646. The number of pyridine rings is 1. The Morgan fingerprint density at radius 2 is 2.03 bits per heavy atom. The number of piperidine rings is 1. The number of carbonyl (C=O) groups excluding carboxylic acids is 1. The second kappa shape index (κ2) is 8.96. The van der Waals surface area contributed by atoms with E-state index in [1.165, 1.54) is 17.1 Å². The third-order valence-corrected chi connectivity index (χ3v) is 6.07. The van der Waals surface area contributed by atoms with Crippen molar-refractivity contribution in [3.8, 4) is 5.69 Å². The molecule has 1 fully saturated rings. The maximum atomic E-state index is 13.8. The maximum Gasteiger partial charge on any atom is 0.256 e. The number of nitrogens with zero attached hydrogens (tertiary/aromatic N) is 5. The van der Waals surface area contributed by atoms with E-state index in [1.807, 2.05) is 36.9 Å². The van der Waals surface area contributed by atoms with Crippen molar-refractivity contribution < 1.29 is 9.18 Å². The van der Waals surface area contributed by atoms with Gasteiger partial charge >= 0.3 is 0 Å². The van der Waals surface area contributed by atoms with E-state index in [2.05, 4.69) is 22.1 Å². The first-order chi connectivity index (χ1) is 14.9. The van der Waals surface area contributed by atoms with Crippen LogP contribution in [0.3, 0.4) is 0 Å². The number of rotatable bonds is 5. The van der Waals surface area contributed by atoms with Crippen LogP contribution in [-0.2, 0) is 6.42 Å². The average molecular weight is 422 g/mol. The minimum absolute atomic E-state index is 0.0114. The molecule has 7 heteroatoms. The van der Waals surface area contributed by atoms with Gasteiger partial charge in [-0.3, -0.25) is 9.78 Å². The lowest BCUT2D eigenvalue weighted by Crippen LogP contribution is -2.48. The predicted octanol–water partition coefficient (Wildman–Crippen LogP) is 4.29. The van der Waals surface area contributed by atoms with Gasteiger partial charge in [0.1, 0.15) is 5.82 Å². The lowest BCUT2D eigenvalue weighted by molar-refractivity contribution is 0.0498. The smallest absolute Gasteiger partial charge is 0.256 e. The van der Waals surface area contributed by atoms with E-state index in [9.17, 15) is 9.18 Å². The SMILES string of the molecule is Cc1ccc(-n2ncc(C)n2)c(C(=O)N2CCC[C@@H](C)[C@H]2CCc2ccc(F)cn2)c1. The van der Waals surface area contributed by atoms with Gasteiger partial charge in [-0.2, -0.15) is 15.0 Å². The highest BCUT2D eigenvalue weighted by molar-refractivity contribution is 5.98. The largest absolute Gasteiger partial charge is 0.335 e. The van der Waals surface area contributed by atoms with Gasteiger partial charge in [-0.25, -0.2) is 4.39 Å². The normalized spacial score (nSPS) is 18.9. The summed E-state index contributed by atoms with van der Waals surface area (Å²) in [6.07, 6.45) is 6.52. The van der Waals surface area contributed by atoms with Gasteiger partial charge in [0, 0.05) is 18.3 Å². The molecule has 2 aromatic heterocycles. The maximum absolute atomic E-state index is 13.8. The average Bonchev–Trinajstić information content (AvgIpc) is 3.19. The third-order valence-electron chi connectivity index (χ3n) is 6.07. The summed E-state index contributed by atoms with van der Waals surface area (Å²) in [7, 11) is 0. The zero-order valence-corrected chi connectivity index (χ0v) is 18.3. The number of likely N-dealkylation sites (tertiary alicyclic amines) is 1. The summed E-state index contributed by atoms with van der Waals surface area (Å²) in [4.78, 5) is 21.5. The fraction of sp³-hybridized carbons (Fsp3) is 0.417. The van der Waals surface area contributed by atoms with E-state index in [1.54, 1.807) is 12.3 Å². The molecule has 2 atom stereocenters. The molecular weight excluding hydrogens is 393 g/mol. The van der Waals surface area contributed by atoms with Crippen LogP contribution in [0.1, 0.15) is 53.5 Å². The number of amides is 1. The molecule has 1 saturated heterocycles. The number of halogens is 1. The minimum Gasteiger partial charge on any atom is -0.335 e. The number of hydrogen-bond donors (Lipinski definition) is 0. The molecule has 31 heavy (non-hydrogen) atoms. The topological polar surface area (TPSA) is 63.9 Å². The van der Waals surface area contributed by atoms with Crippen molar-refractivity contribution in [1.29, 1.82) is 0 Å². The van der Waals surface area contributed by atoms with Gasteiger partial charge in [0.15, 0.2) is 0 Å². The van der Waals surface area contributed by atoms with Gasteiger partial charge in [0.2, 0.25) is 0 Å². The first kappa shape index (κ1) is 21.2. The first-order valence-electron chi connectivity index (χ1n) is 10.8. The molecule has 0 radical (unpaired) electrons. The highest BCUT2D eigenvalue weighted by Crippen LogP contribution is 2.29. The summed E-state index contributed by atoms with van der Waals surface area (Å²) < 4.78 is 13.2. The quantitative estimate of drug-likeness (QED) is 0.616. The van der Waals surface area contributed by atoms with Gasteiger partial charge in [-0.1, -0.05) is 18.6 Å². The fourth-order valence-corrected chi connectivity index (χ4v) is 4.40. The minimum atomic E-state index is -0.332. The Balaban J connectivity index is 1.61. The second-order valence-corrected chi connectivity index (χ2v) is 8.49. The summed E-state index contributed by atoms with van der Waals surface area (Å²) >= 11 is 0. The Bertz CT molecular complexity index is 1060. The van der Waals surface area contributed by atoms with E-state index >= 15 is 0 Å². The van der Waals surface area contributed by atoms with Crippen LogP contribution in [0, 0.1) is 25.6 Å². The van der Waals surface area contributed by atoms with Crippen LogP contribution in [-0.4, -0.2) is 43.4 Å². The Morgan fingerprint density at radius 3 is 2.74 bits per heavy atom. The monoisotopic (exact) mass is 421 g/mol. The summed E-state index contributed by atoms with van der Waals surface area (Å²) in [5.41, 5.74) is 3.98. The molecule has 1 aliphatic heterocycles. The van der Waals surface area contributed by atoms with Crippen LogP contribution < -0.4 is 0 Å². The summed E-state index contributed by atoms with van der Waals surface area (Å²) in [5, 5.41) is 8.73. The van der Waals surface area contributed by atoms with Crippen LogP contribution in [0.15, 0.2) is 42.7 Å². The van der Waals surface area contributed by atoms with Crippen molar-refractivity contribution in [2.45, 2.75) is 52.5 Å². The number of aryl methyl sites for hydroxylation is 3. The van der Waals surface area contributed by atoms with Crippen LogP contribution in [0.4, 0.5) is 4.39 Å². The van der Waals surface area contributed by atoms with E-state index in [4.69, 9.17) is 0 Å². The summed E-state index contributed by atoms with van der Waals surface area (Å²) in [6.45, 7) is 6.80. The Hall–Kier alpha value is -3.09. The molecule has 4 rings (SSSR count). The van der Waals surface area contributed by atoms with Crippen LogP contribution in [0.25, 0.3) is 5.69 Å². The van der Waals surface area contributed by atoms with Crippen LogP contribution >= 0.6 is 0 Å². The third kappa shape index (κ3) is 4.65. The van der Waals surface area contributed by atoms with Crippen molar-refractivity contribution in [2.24, 2.45) is 5.92 Å². The lowest BCUT2D eigenvalue weighted by Gasteiger charge is -2.40. The molecule has 0 bridgehead atoms. The van der Waals surface area contributed by atoms with E-state index in [0.29, 0.717) is 23.6 Å². The molecule has 1 aliphatic rings. The fourth-order valence-electron chi connectivity index (χ4n) is 4.40. The molecule has 0 spiro atoms. The van der Waals surface area contributed by atoms with Crippen molar-refractivity contribution in [3.05, 3.63) is 71.1 Å². The van der Waals surface area contributed by atoms with Gasteiger partial charge < -0.3 is 4.90 Å².